The fourth-order valence-corrected chi connectivity index (χ4v) is 1.36. The van der Waals surface area contributed by atoms with Crippen molar-refractivity contribution in [3.63, 3.8) is 0 Å². The lowest BCUT2D eigenvalue weighted by Gasteiger charge is -2.44. The molecule has 1 aliphatic rings. The Morgan fingerprint density at radius 3 is 2.31 bits per heavy atom. The minimum absolute atomic E-state index is 0.461. The van der Waals surface area contributed by atoms with Crippen molar-refractivity contribution >= 4 is 0 Å². The SMILES string of the molecule is C[C@]1(N)O[C@H](CO)[C@H](O)[C@H](O)[C@H]1O. The first-order valence-electron chi connectivity index (χ1n) is 4.02. The van der Waals surface area contributed by atoms with Crippen LogP contribution in [0, 0.1) is 0 Å². The van der Waals surface area contributed by atoms with Crippen LogP contribution in [0.3, 0.4) is 0 Å². The Balaban J connectivity index is 2.79. The van der Waals surface area contributed by atoms with Crippen LogP contribution in [-0.4, -0.2) is 57.2 Å². The minimum Gasteiger partial charge on any atom is -0.394 e. The van der Waals surface area contributed by atoms with Crippen LogP contribution in [0.15, 0.2) is 0 Å². The van der Waals surface area contributed by atoms with E-state index in [1.807, 2.05) is 0 Å². The minimum atomic E-state index is -1.45. The van der Waals surface area contributed by atoms with Gasteiger partial charge in [0.25, 0.3) is 0 Å². The van der Waals surface area contributed by atoms with Crippen molar-refractivity contribution in [2.24, 2.45) is 5.73 Å². The zero-order chi connectivity index (χ0) is 10.2. The molecule has 0 amide bonds. The molecule has 0 bridgehead atoms. The third-order valence-electron chi connectivity index (χ3n) is 2.23. The molecule has 1 rings (SSSR count). The molecule has 6 nitrogen and oxygen atoms in total. The van der Waals surface area contributed by atoms with Gasteiger partial charge in [0.05, 0.1) is 6.61 Å². The normalized spacial score (nSPS) is 52.2. The van der Waals surface area contributed by atoms with E-state index in [4.69, 9.17) is 15.6 Å². The van der Waals surface area contributed by atoms with E-state index in [0.717, 1.165) is 0 Å². The van der Waals surface area contributed by atoms with Gasteiger partial charge in [0.2, 0.25) is 0 Å². The lowest BCUT2D eigenvalue weighted by molar-refractivity contribution is -0.266. The summed E-state index contributed by atoms with van der Waals surface area (Å²) < 4.78 is 4.99. The third kappa shape index (κ3) is 1.83. The molecule has 1 aliphatic heterocycles. The molecule has 0 aromatic carbocycles. The fourth-order valence-electron chi connectivity index (χ4n) is 1.36. The van der Waals surface area contributed by atoms with Crippen molar-refractivity contribution in [3.8, 4) is 0 Å². The van der Waals surface area contributed by atoms with Gasteiger partial charge in [-0.3, -0.25) is 0 Å². The van der Waals surface area contributed by atoms with Crippen LogP contribution in [0.1, 0.15) is 6.92 Å². The number of aliphatic hydroxyl groups is 4. The van der Waals surface area contributed by atoms with Gasteiger partial charge in [-0.15, -0.1) is 0 Å². The Bertz CT molecular complexity index is 184. The second kappa shape index (κ2) is 3.49. The summed E-state index contributed by atoms with van der Waals surface area (Å²) in [6.07, 6.45) is -5.06. The number of hydrogen-bond donors (Lipinski definition) is 5. The van der Waals surface area contributed by atoms with E-state index in [-0.39, 0.29) is 0 Å². The number of nitrogens with two attached hydrogens (primary N) is 1. The molecule has 0 aromatic rings. The van der Waals surface area contributed by atoms with Gasteiger partial charge in [0, 0.05) is 0 Å². The first-order chi connectivity index (χ1) is 5.90. The van der Waals surface area contributed by atoms with Crippen molar-refractivity contribution < 1.29 is 25.2 Å². The molecular weight excluding hydrogens is 178 g/mol. The lowest BCUT2D eigenvalue weighted by Crippen LogP contribution is -2.67. The molecule has 6 N–H and O–H groups in total. The van der Waals surface area contributed by atoms with Crippen LogP contribution in [0.25, 0.3) is 0 Å². The summed E-state index contributed by atoms with van der Waals surface area (Å²) >= 11 is 0. The highest BCUT2D eigenvalue weighted by Crippen LogP contribution is 2.25. The van der Waals surface area contributed by atoms with Gasteiger partial charge in [-0.1, -0.05) is 0 Å². The zero-order valence-corrected chi connectivity index (χ0v) is 7.29. The Morgan fingerprint density at radius 2 is 1.85 bits per heavy atom. The molecule has 6 heteroatoms. The van der Waals surface area contributed by atoms with Crippen molar-refractivity contribution in [1.29, 1.82) is 0 Å². The summed E-state index contributed by atoms with van der Waals surface area (Å²) in [6, 6.07) is 0. The lowest BCUT2D eigenvalue weighted by atomic mass is 9.92. The second-order valence-electron chi connectivity index (χ2n) is 3.45. The van der Waals surface area contributed by atoms with Crippen molar-refractivity contribution in [2.75, 3.05) is 6.61 Å². The molecule has 0 spiro atoms. The monoisotopic (exact) mass is 193 g/mol. The Kier molecular flexibility index (Phi) is 2.91. The molecule has 0 radical (unpaired) electrons. The molecule has 5 atom stereocenters. The zero-order valence-electron chi connectivity index (χ0n) is 7.29. The molecule has 1 fully saturated rings. The van der Waals surface area contributed by atoms with Gasteiger partial charge in [0.1, 0.15) is 30.1 Å². The van der Waals surface area contributed by atoms with Gasteiger partial charge < -0.3 is 30.9 Å². The van der Waals surface area contributed by atoms with Crippen molar-refractivity contribution in [1.82, 2.24) is 0 Å². The van der Waals surface area contributed by atoms with Crippen LogP contribution in [0.5, 0.6) is 0 Å². The Morgan fingerprint density at radius 1 is 1.31 bits per heavy atom. The van der Waals surface area contributed by atoms with E-state index in [0.29, 0.717) is 0 Å². The van der Waals surface area contributed by atoms with Crippen LogP contribution in [-0.2, 0) is 4.74 Å². The maximum absolute atomic E-state index is 9.35. The average Bonchev–Trinajstić information content (AvgIpc) is 2.08. The standard InChI is InChI=1S/C7H15NO5/c1-7(8)6(12)5(11)4(10)3(2-9)13-7/h3-6,9-12H,2,8H2,1H3/t3-,4+,5+,6-,7+/m1/s1. The van der Waals surface area contributed by atoms with E-state index in [9.17, 15) is 15.3 Å². The highest BCUT2D eigenvalue weighted by molar-refractivity contribution is 4.96. The molecule has 78 valence electrons. The predicted octanol–water partition coefficient (Wildman–Crippen LogP) is -2.86. The van der Waals surface area contributed by atoms with E-state index in [1.54, 1.807) is 0 Å². The highest BCUT2D eigenvalue weighted by atomic mass is 16.6. The molecule has 1 heterocycles. The topological polar surface area (TPSA) is 116 Å². The second-order valence-corrected chi connectivity index (χ2v) is 3.45. The number of rotatable bonds is 1. The number of aliphatic hydroxyl groups excluding tert-OH is 4. The van der Waals surface area contributed by atoms with Gasteiger partial charge in [-0.25, -0.2) is 0 Å². The van der Waals surface area contributed by atoms with Gasteiger partial charge in [0.15, 0.2) is 0 Å². The van der Waals surface area contributed by atoms with Gasteiger partial charge >= 0.3 is 0 Å². The summed E-state index contributed by atoms with van der Waals surface area (Å²) in [6.45, 7) is 0.910. The summed E-state index contributed by atoms with van der Waals surface area (Å²) in [5.41, 5.74) is 4.03. The molecular formula is C7H15NO5. The number of ether oxygens (including phenoxy) is 1. The van der Waals surface area contributed by atoms with Crippen molar-refractivity contribution in [3.05, 3.63) is 0 Å². The molecule has 13 heavy (non-hydrogen) atoms. The van der Waals surface area contributed by atoms with E-state index in [1.165, 1.54) is 6.92 Å². The summed E-state index contributed by atoms with van der Waals surface area (Å²) in [7, 11) is 0. The van der Waals surface area contributed by atoms with Crippen molar-refractivity contribution in [2.45, 2.75) is 37.1 Å². The van der Waals surface area contributed by atoms with Crippen LogP contribution in [0.2, 0.25) is 0 Å². The highest BCUT2D eigenvalue weighted by Gasteiger charge is 2.48. The van der Waals surface area contributed by atoms with Crippen LogP contribution in [0.4, 0.5) is 0 Å². The van der Waals surface area contributed by atoms with E-state index >= 15 is 0 Å². The molecule has 0 unspecified atom stereocenters. The third-order valence-corrected chi connectivity index (χ3v) is 2.23. The van der Waals surface area contributed by atoms with Gasteiger partial charge in [-0.2, -0.15) is 0 Å². The predicted molar refractivity (Wildman–Crippen MR) is 42.6 cm³/mol. The largest absolute Gasteiger partial charge is 0.394 e. The maximum Gasteiger partial charge on any atom is 0.143 e. The average molecular weight is 193 g/mol. The maximum atomic E-state index is 9.35. The summed E-state index contributed by atoms with van der Waals surface area (Å²) in [4.78, 5) is 0. The molecule has 1 saturated heterocycles. The van der Waals surface area contributed by atoms with E-state index < -0.39 is 36.7 Å². The molecule has 0 saturated carbocycles. The molecule has 0 aliphatic carbocycles. The number of hydrogen-bond acceptors (Lipinski definition) is 6. The smallest absolute Gasteiger partial charge is 0.143 e. The Hall–Kier alpha value is -0.240. The van der Waals surface area contributed by atoms with Gasteiger partial charge in [-0.05, 0) is 6.92 Å². The Labute approximate surface area is 75.6 Å². The summed E-state index contributed by atoms with van der Waals surface area (Å²) in [5, 5.41) is 36.7. The van der Waals surface area contributed by atoms with Crippen LogP contribution < -0.4 is 5.73 Å². The molecule has 0 aromatic heterocycles. The first-order valence-corrected chi connectivity index (χ1v) is 4.02. The first kappa shape index (κ1) is 10.8. The van der Waals surface area contributed by atoms with E-state index in [2.05, 4.69) is 0 Å². The quantitative estimate of drug-likeness (QED) is 0.306. The van der Waals surface area contributed by atoms with Crippen LogP contribution >= 0.6 is 0 Å². The summed E-state index contributed by atoms with van der Waals surface area (Å²) in [5.74, 6) is 0. The fraction of sp³-hybridized carbons (Fsp3) is 1.00.